The Morgan fingerprint density at radius 3 is 2.54 bits per heavy atom. The number of carbonyl (C=O) groups is 1. The first kappa shape index (κ1) is 46.5. The fraction of sp³-hybridized carbons (Fsp3) is 0.527. The number of morpholine rings is 1. The first-order chi connectivity index (χ1) is 36.0. The number of hydrogen-bond acceptors (Lipinski definition) is 15. The standard InChI is InChI=1S/C55H63N9O9S/c56-52(65)42-9-10-44(60-17-13-55(14-18-60)24-37(25-55)62-16-3-6-43(62)41-5-2-1-4-40(41)32-7-8-32)51(50(42)63-26-34-12-19-70-31-48(34)73-54-46(63)20-33-11-15-57-53(33)59-54)74(68,69)39-22-45(64(66)67)49-47(23-39)72-29-35(58-49)27-61-28-38-21-36(61)30-71-38/h1-2,4-5,9-11,15,20,22-23,32,34-38,43,48,58H,3,6-8,12-14,16-19,21,24-31H2,(H2,56,65)(H,57,59)/t34-,35+,36+,38+,43+,48-/m1/s1. The minimum atomic E-state index is -4.76. The summed E-state index contributed by atoms with van der Waals surface area (Å²) in [5.74, 6) is 0.0465. The fourth-order valence-corrected chi connectivity index (χ4v) is 16.0. The Bertz CT molecular complexity index is 3190. The lowest BCUT2D eigenvalue weighted by atomic mass is 9.59. The third kappa shape index (κ3) is 7.89. The number of H-pyrrole nitrogens is 1. The number of piperidine rings is 1. The smallest absolute Gasteiger partial charge is 0.297 e. The molecular weight excluding hydrogens is 963 g/mol. The topological polar surface area (TPSA) is 211 Å². The van der Waals surface area contributed by atoms with Gasteiger partial charge in [0, 0.05) is 87.1 Å². The second-order valence-corrected chi connectivity index (χ2v) is 24.6. The van der Waals surface area contributed by atoms with Gasteiger partial charge in [0.05, 0.1) is 52.1 Å². The van der Waals surface area contributed by atoms with Crippen LogP contribution in [0, 0.1) is 21.4 Å². The maximum atomic E-state index is 16.2. The van der Waals surface area contributed by atoms with E-state index in [9.17, 15) is 14.9 Å². The monoisotopic (exact) mass is 1030 g/mol. The van der Waals surface area contributed by atoms with Crippen molar-refractivity contribution >= 4 is 55.2 Å². The number of anilines is 4. The van der Waals surface area contributed by atoms with Crippen LogP contribution < -0.4 is 30.3 Å². The van der Waals surface area contributed by atoms with Crippen molar-refractivity contribution in [1.82, 2.24) is 19.8 Å². The summed E-state index contributed by atoms with van der Waals surface area (Å²) in [5.41, 5.74) is 10.8. The van der Waals surface area contributed by atoms with Crippen LogP contribution in [0.15, 0.2) is 76.7 Å². The highest BCUT2D eigenvalue weighted by Gasteiger charge is 2.51. The summed E-state index contributed by atoms with van der Waals surface area (Å²) in [4.78, 5) is 43.2. The van der Waals surface area contributed by atoms with E-state index in [2.05, 4.69) is 49.3 Å². The highest BCUT2D eigenvalue weighted by Crippen LogP contribution is 2.57. The minimum absolute atomic E-state index is 0.00840. The normalized spacial score (nSPS) is 27.7. The van der Waals surface area contributed by atoms with Crippen LogP contribution in [0.1, 0.15) is 97.7 Å². The van der Waals surface area contributed by atoms with E-state index in [1.807, 2.05) is 17.0 Å². The molecule has 7 aliphatic heterocycles. The molecule has 6 atom stereocenters. The zero-order valence-corrected chi connectivity index (χ0v) is 42.3. The summed E-state index contributed by atoms with van der Waals surface area (Å²) in [6.45, 7) is 5.51. The van der Waals surface area contributed by atoms with Crippen LogP contribution in [0.5, 0.6) is 11.6 Å². The lowest BCUT2D eigenvalue weighted by molar-refractivity contribution is -0.384. The summed E-state index contributed by atoms with van der Waals surface area (Å²) in [6.07, 6.45) is 12.0. The highest BCUT2D eigenvalue weighted by molar-refractivity contribution is 7.91. The van der Waals surface area contributed by atoms with E-state index in [-0.39, 0.29) is 81.0 Å². The number of nitrogens with zero attached hydrogens (tertiary/aromatic N) is 6. The second kappa shape index (κ2) is 17.8. The van der Waals surface area contributed by atoms with Crippen molar-refractivity contribution in [3.63, 3.8) is 0 Å². The maximum Gasteiger partial charge on any atom is 0.297 e. The van der Waals surface area contributed by atoms with Crippen molar-refractivity contribution < 1.29 is 37.1 Å². The largest absolute Gasteiger partial charge is 0.489 e. The zero-order chi connectivity index (χ0) is 50.0. The van der Waals surface area contributed by atoms with Crippen LogP contribution in [0.3, 0.4) is 0 Å². The number of fused-ring (bicyclic) bond motifs is 6. The van der Waals surface area contributed by atoms with Gasteiger partial charge in [-0.25, -0.2) is 8.42 Å². The Morgan fingerprint density at radius 2 is 1.77 bits per heavy atom. The Hall–Kier alpha value is -5.99. The first-order valence-electron chi connectivity index (χ1n) is 26.9. The van der Waals surface area contributed by atoms with Crippen molar-refractivity contribution in [2.24, 2.45) is 17.1 Å². The molecule has 5 saturated heterocycles. The van der Waals surface area contributed by atoms with Crippen LogP contribution in [0.25, 0.3) is 11.0 Å². The van der Waals surface area contributed by atoms with Crippen LogP contribution >= 0.6 is 0 Å². The molecule has 388 valence electrons. The number of nitro groups is 1. The number of nitrogens with two attached hydrogens (primary N) is 1. The second-order valence-electron chi connectivity index (χ2n) is 22.7. The summed E-state index contributed by atoms with van der Waals surface area (Å²) >= 11 is 0. The van der Waals surface area contributed by atoms with Gasteiger partial charge in [-0.3, -0.25) is 24.7 Å². The van der Waals surface area contributed by atoms with Crippen molar-refractivity contribution in [3.05, 3.63) is 93.7 Å². The molecule has 0 radical (unpaired) electrons. The van der Waals surface area contributed by atoms with Gasteiger partial charge in [0.15, 0.2) is 11.4 Å². The molecule has 74 heavy (non-hydrogen) atoms. The molecule has 1 amide bonds. The third-order valence-electron chi connectivity index (χ3n) is 18.3. The number of hydrogen-bond donors (Lipinski definition) is 3. The average Bonchev–Trinajstić information content (AvgIpc) is 3.65. The number of likely N-dealkylation sites (tertiary alicyclic amines) is 2. The van der Waals surface area contributed by atoms with Gasteiger partial charge in [-0.2, -0.15) is 4.98 Å². The van der Waals surface area contributed by atoms with Crippen molar-refractivity contribution in [1.29, 1.82) is 0 Å². The van der Waals surface area contributed by atoms with E-state index >= 15 is 8.42 Å². The van der Waals surface area contributed by atoms with Gasteiger partial charge in [0.2, 0.25) is 15.7 Å². The molecule has 2 saturated carbocycles. The summed E-state index contributed by atoms with van der Waals surface area (Å²) < 4.78 is 57.1. The Labute approximate surface area is 429 Å². The number of benzene rings is 3. The van der Waals surface area contributed by atoms with E-state index < -0.39 is 32.5 Å². The van der Waals surface area contributed by atoms with Crippen molar-refractivity contribution in [2.75, 3.05) is 80.8 Å². The number of sulfone groups is 1. The molecule has 2 bridgehead atoms. The number of carbonyl (C=O) groups excluding carboxylic acids is 1. The quantitative estimate of drug-likeness (QED) is 0.0867. The average molecular weight is 1030 g/mol. The molecule has 19 heteroatoms. The Morgan fingerprint density at radius 1 is 0.932 bits per heavy atom. The lowest BCUT2D eigenvalue weighted by Crippen LogP contribution is -2.55. The number of amides is 1. The number of nitrogens with one attached hydrogen (secondary N) is 2. The summed E-state index contributed by atoms with van der Waals surface area (Å²) in [7, 11) is -4.76. The number of aromatic amines is 1. The van der Waals surface area contributed by atoms with Gasteiger partial charge in [-0.05, 0) is 117 Å². The Balaban J connectivity index is 0.843. The number of pyridine rings is 1. The molecule has 7 fully saturated rings. The van der Waals surface area contributed by atoms with Crippen LogP contribution in [0.4, 0.5) is 28.4 Å². The first-order valence-corrected chi connectivity index (χ1v) is 28.3. The predicted octanol–water partition coefficient (Wildman–Crippen LogP) is 7.45. The molecule has 4 N–H and O–H groups in total. The Kier molecular flexibility index (Phi) is 11.2. The molecule has 3 aromatic carbocycles. The van der Waals surface area contributed by atoms with Gasteiger partial charge in [0.1, 0.15) is 28.9 Å². The summed E-state index contributed by atoms with van der Waals surface area (Å²) in [6, 6.07) is 19.7. The number of ether oxygens (including phenoxy) is 4. The molecular formula is C55H63N9O9S. The molecule has 9 aliphatic rings. The lowest BCUT2D eigenvalue weighted by Gasteiger charge is -2.56. The molecule has 9 heterocycles. The minimum Gasteiger partial charge on any atom is -0.489 e. The van der Waals surface area contributed by atoms with Gasteiger partial charge >= 0.3 is 0 Å². The van der Waals surface area contributed by atoms with Crippen molar-refractivity contribution in [2.45, 2.75) is 116 Å². The third-order valence-corrected chi connectivity index (χ3v) is 20.1. The zero-order valence-electron chi connectivity index (χ0n) is 41.5. The molecule has 0 unspecified atom stereocenters. The predicted molar refractivity (Wildman–Crippen MR) is 277 cm³/mol. The molecule has 1 spiro atoms. The summed E-state index contributed by atoms with van der Waals surface area (Å²) in [5, 5.41) is 17.2. The molecule has 5 aromatic rings. The maximum absolute atomic E-state index is 16.2. The van der Waals surface area contributed by atoms with E-state index in [4.69, 9.17) is 29.7 Å². The number of rotatable bonds is 11. The highest BCUT2D eigenvalue weighted by atomic mass is 32.2. The van der Waals surface area contributed by atoms with Crippen LogP contribution in [-0.4, -0.2) is 135 Å². The van der Waals surface area contributed by atoms with E-state index in [1.165, 1.54) is 42.9 Å². The fourth-order valence-electron chi connectivity index (χ4n) is 14.3. The number of nitro benzene ring substituents is 1. The van der Waals surface area contributed by atoms with Crippen LogP contribution in [-0.2, 0) is 19.3 Å². The van der Waals surface area contributed by atoms with E-state index in [1.54, 1.807) is 18.3 Å². The van der Waals surface area contributed by atoms with E-state index in [0.717, 1.165) is 56.6 Å². The SMILES string of the molecule is NC(=O)c1ccc(N2CCC3(CC2)CC(N2CCC[C@H]2c2ccccc2C2CC2)C3)c(S(=O)(=O)c2cc3c(c([N+](=O)[O-])c2)N[C@@H](CN2C[C@@H]4C[C@H]2CO4)CO3)c1N1C[C@H]2CCOC[C@H]2Oc2nc3[nH]ccc3cc21. The van der Waals surface area contributed by atoms with Gasteiger partial charge in [-0.15, -0.1) is 0 Å². The van der Waals surface area contributed by atoms with E-state index in [0.29, 0.717) is 80.9 Å². The van der Waals surface area contributed by atoms with Gasteiger partial charge < -0.3 is 44.8 Å². The van der Waals surface area contributed by atoms with Gasteiger partial charge in [-0.1, -0.05) is 24.3 Å². The van der Waals surface area contributed by atoms with Gasteiger partial charge in [0.25, 0.3) is 11.6 Å². The van der Waals surface area contributed by atoms with Crippen LogP contribution in [0.2, 0.25) is 0 Å². The number of aromatic nitrogens is 2. The molecule has 2 aromatic heterocycles. The van der Waals surface area contributed by atoms with Crippen molar-refractivity contribution in [3.8, 4) is 11.6 Å². The molecule has 18 nitrogen and oxygen atoms in total. The molecule has 2 aliphatic carbocycles. The number of primary amides is 1. The molecule has 14 rings (SSSR count).